The molecule has 3 heteroatoms. The van der Waals surface area contributed by atoms with E-state index in [4.69, 9.17) is 11.6 Å². The van der Waals surface area contributed by atoms with Gasteiger partial charge in [-0.05, 0) is 35.9 Å². The zero-order valence-electron chi connectivity index (χ0n) is 8.87. The van der Waals surface area contributed by atoms with Crippen molar-refractivity contribution < 1.29 is 0 Å². The lowest BCUT2D eigenvalue weighted by Gasteiger charge is -1.97. The van der Waals surface area contributed by atoms with Gasteiger partial charge in [-0.3, -0.25) is 0 Å². The first-order chi connectivity index (χ1) is 8.22. The lowest BCUT2D eigenvalue weighted by molar-refractivity contribution is 1.45. The first-order valence-electron chi connectivity index (χ1n) is 5.26. The molecule has 1 N–H and O–H groups in total. The minimum absolute atomic E-state index is 0.752. The highest BCUT2D eigenvalue weighted by atomic mass is 79.9. The Morgan fingerprint density at radius 2 is 1.88 bits per heavy atom. The summed E-state index contributed by atoms with van der Waals surface area (Å²) in [6.07, 6.45) is 0. The lowest BCUT2D eigenvalue weighted by atomic mass is 10.1. The predicted molar refractivity (Wildman–Crippen MR) is 76.4 cm³/mol. The van der Waals surface area contributed by atoms with Crippen LogP contribution in [0, 0.1) is 0 Å². The average Bonchev–Trinajstić information content (AvgIpc) is 2.72. The minimum atomic E-state index is 0.752. The molecular weight excluding hydrogens is 298 g/mol. The van der Waals surface area contributed by atoms with Crippen LogP contribution in [0.5, 0.6) is 0 Å². The SMILES string of the molecule is Clc1cccc(-c2cc3ccc(Br)cc3[nH]2)c1. The van der Waals surface area contributed by atoms with E-state index >= 15 is 0 Å². The van der Waals surface area contributed by atoms with Crippen LogP contribution < -0.4 is 0 Å². The van der Waals surface area contributed by atoms with E-state index in [0.717, 1.165) is 26.3 Å². The van der Waals surface area contributed by atoms with Crippen LogP contribution in [-0.4, -0.2) is 4.98 Å². The number of aromatic nitrogens is 1. The first kappa shape index (κ1) is 10.9. The molecule has 17 heavy (non-hydrogen) atoms. The van der Waals surface area contributed by atoms with Gasteiger partial charge in [-0.2, -0.15) is 0 Å². The van der Waals surface area contributed by atoms with E-state index in [9.17, 15) is 0 Å². The molecule has 0 bridgehead atoms. The van der Waals surface area contributed by atoms with Crippen molar-refractivity contribution in [2.45, 2.75) is 0 Å². The third-order valence-electron chi connectivity index (χ3n) is 2.72. The van der Waals surface area contributed by atoms with Crippen LogP contribution in [0.4, 0.5) is 0 Å². The summed E-state index contributed by atoms with van der Waals surface area (Å²) in [7, 11) is 0. The molecule has 0 saturated carbocycles. The molecule has 84 valence electrons. The highest BCUT2D eigenvalue weighted by molar-refractivity contribution is 9.10. The molecule has 0 amide bonds. The zero-order valence-corrected chi connectivity index (χ0v) is 11.2. The monoisotopic (exact) mass is 305 g/mol. The number of hydrogen-bond donors (Lipinski definition) is 1. The van der Waals surface area contributed by atoms with Crippen LogP contribution in [0.15, 0.2) is 53.0 Å². The van der Waals surface area contributed by atoms with Crippen molar-refractivity contribution in [1.29, 1.82) is 0 Å². The van der Waals surface area contributed by atoms with Crippen molar-refractivity contribution in [1.82, 2.24) is 4.98 Å². The van der Waals surface area contributed by atoms with E-state index in [1.165, 1.54) is 5.39 Å². The summed E-state index contributed by atoms with van der Waals surface area (Å²) in [6.45, 7) is 0. The summed E-state index contributed by atoms with van der Waals surface area (Å²) in [5.74, 6) is 0. The molecule has 0 atom stereocenters. The van der Waals surface area contributed by atoms with Crippen LogP contribution in [-0.2, 0) is 0 Å². The maximum Gasteiger partial charge on any atom is 0.0470 e. The maximum absolute atomic E-state index is 6.00. The second-order valence-electron chi connectivity index (χ2n) is 3.92. The van der Waals surface area contributed by atoms with E-state index in [1.54, 1.807) is 0 Å². The second kappa shape index (κ2) is 4.21. The van der Waals surface area contributed by atoms with Gasteiger partial charge in [0, 0.05) is 26.1 Å². The summed E-state index contributed by atoms with van der Waals surface area (Å²) in [4.78, 5) is 3.39. The molecule has 0 spiro atoms. The molecule has 3 aromatic rings. The number of hydrogen-bond acceptors (Lipinski definition) is 0. The zero-order chi connectivity index (χ0) is 11.8. The Balaban J connectivity index is 2.18. The van der Waals surface area contributed by atoms with Gasteiger partial charge in [0.2, 0.25) is 0 Å². The summed E-state index contributed by atoms with van der Waals surface area (Å²) in [5.41, 5.74) is 3.31. The van der Waals surface area contributed by atoms with Crippen molar-refractivity contribution in [2.75, 3.05) is 0 Å². The van der Waals surface area contributed by atoms with Crippen molar-refractivity contribution in [3.63, 3.8) is 0 Å². The number of nitrogens with one attached hydrogen (secondary N) is 1. The minimum Gasteiger partial charge on any atom is -0.354 e. The molecule has 0 fully saturated rings. The van der Waals surface area contributed by atoms with Gasteiger partial charge in [-0.1, -0.05) is 45.7 Å². The summed E-state index contributed by atoms with van der Waals surface area (Å²) < 4.78 is 1.07. The number of rotatable bonds is 1. The Morgan fingerprint density at radius 1 is 1.00 bits per heavy atom. The van der Waals surface area contributed by atoms with Gasteiger partial charge in [0.15, 0.2) is 0 Å². The largest absolute Gasteiger partial charge is 0.354 e. The quantitative estimate of drug-likeness (QED) is 0.632. The van der Waals surface area contributed by atoms with E-state index in [1.807, 2.05) is 30.3 Å². The molecule has 0 aliphatic rings. The fraction of sp³-hybridized carbons (Fsp3) is 0. The maximum atomic E-state index is 6.00. The highest BCUT2D eigenvalue weighted by Crippen LogP contribution is 2.27. The number of aromatic amines is 1. The number of H-pyrrole nitrogens is 1. The van der Waals surface area contributed by atoms with E-state index in [2.05, 4.69) is 39.1 Å². The second-order valence-corrected chi connectivity index (χ2v) is 5.28. The van der Waals surface area contributed by atoms with Gasteiger partial charge >= 0.3 is 0 Å². The van der Waals surface area contributed by atoms with Crippen molar-refractivity contribution in [2.24, 2.45) is 0 Å². The van der Waals surface area contributed by atoms with Crippen LogP contribution in [0.1, 0.15) is 0 Å². The summed E-state index contributed by atoms with van der Waals surface area (Å²) >= 11 is 9.47. The molecule has 0 unspecified atom stereocenters. The molecule has 1 nitrogen and oxygen atoms in total. The summed E-state index contributed by atoms with van der Waals surface area (Å²) in [5, 5.41) is 1.95. The fourth-order valence-corrected chi connectivity index (χ4v) is 2.46. The topological polar surface area (TPSA) is 15.8 Å². The molecule has 3 rings (SSSR count). The van der Waals surface area contributed by atoms with Crippen LogP contribution in [0.25, 0.3) is 22.2 Å². The molecular formula is C14H9BrClN. The summed E-state index contributed by atoms with van der Waals surface area (Å²) in [6, 6.07) is 16.2. The van der Waals surface area contributed by atoms with Crippen LogP contribution >= 0.6 is 27.5 Å². The Morgan fingerprint density at radius 3 is 2.71 bits per heavy atom. The van der Waals surface area contributed by atoms with Gasteiger partial charge < -0.3 is 4.98 Å². The molecule has 0 saturated heterocycles. The Kier molecular flexibility index (Phi) is 2.69. The first-order valence-corrected chi connectivity index (χ1v) is 6.44. The van der Waals surface area contributed by atoms with Gasteiger partial charge in [-0.25, -0.2) is 0 Å². The van der Waals surface area contributed by atoms with Gasteiger partial charge in [0.05, 0.1) is 0 Å². The number of fused-ring (bicyclic) bond motifs is 1. The van der Waals surface area contributed by atoms with Gasteiger partial charge in [0.1, 0.15) is 0 Å². The van der Waals surface area contributed by atoms with Crippen LogP contribution in [0.2, 0.25) is 5.02 Å². The van der Waals surface area contributed by atoms with Crippen molar-refractivity contribution in [3.8, 4) is 11.3 Å². The molecule has 2 aromatic carbocycles. The molecule has 0 radical (unpaired) electrons. The average molecular weight is 307 g/mol. The van der Waals surface area contributed by atoms with Gasteiger partial charge in [-0.15, -0.1) is 0 Å². The normalized spacial score (nSPS) is 10.9. The van der Waals surface area contributed by atoms with E-state index < -0.39 is 0 Å². The highest BCUT2D eigenvalue weighted by Gasteiger charge is 2.03. The Hall–Kier alpha value is -1.25. The molecule has 0 aliphatic heterocycles. The van der Waals surface area contributed by atoms with E-state index in [-0.39, 0.29) is 0 Å². The van der Waals surface area contributed by atoms with E-state index in [0.29, 0.717) is 0 Å². The third kappa shape index (κ3) is 2.11. The van der Waals surface area contributed by atoms with Gasteiger partial charge in [0.25, 0.3) is 0 Å². The number of benzene rings is 2. The van der Waals surface area contributed by atoms with Crippen molar-refractivity contribution >= 4 is 38.4 Å². The smallest absolute Gasteiger partial charge is 0.0470 e. The van der Waals surface area contributed by atoms with Crippen molar-refractivity contribution in [3.05, 3.63) is 58.0 Å². The Bertz CT molecular complexity index is 688. The standard InChI is InChI=1S/C14H9BrClN/c15-11-5-4-10-7-13(17-14(10)8-11)9-2-1-3-12(16)6-9/h1-8,17H. The molecule has 1 heterocycles. The Labute approximate surface area is 113 Å². The third-order valence-corrected chi connectivity index (χ3v) is 3.45. The predicted octanol–water partition coefficient (Wildman–Crippen LogP) is 5.25. The fourth-order valence-electron chi connectivity index (χ4n) is 1.91. The molecule has 1 aromatic heterocycles. The lowest BCUT2D eigenvalue weighted by Crippen LogP contribution is -1.76. The van der Waals surface area contributed by atoms with Crippen LogP contribution in [0.3, 0.4) is 0 Å². The number of halogens is 2. The molecule has 0 aliphatic carbocycles.